The molecule has 2 N–H and O–H groups in total. The average molecular weight is 338 g/mol. The van der Waals surface area contributed by atoms with E-state index in [4.69, 9.17) is 9.84 Å². The van der Waals surface area contributed by atoms with E-state index >= 15 is 0 Å². The van der Waals surface area contributed by atoms with Gasteiger partial charge in [0.1, 0.15) is 0 Å². The summed E-state index contributed by atoms with van der Waals surface area (Å²) in [5.74, 6) is 0. The van der Waals surface area contributed by atoms with Gasteiger partial charge in [-0.2, -0.15) is 0 Å². The van der Waals surface area contributed by atoms with Crippen LogP contribution in [0.1, 0.15) is 16.7 Å². The zero-order valence-corrected chi connectivity index (χ0v) is 14.7. The van der Waals surface area contributed by atoms with Crippen molar-refractivity contribution in [3.05, 3.63) is 71.4 Å². The lowest BCUT2D eigenvalue weighted by molar-refractivity contribution is 0.0938. The molecule has 0 spiro atoms. The van der Waals surface area contributed by atoms with Gasteiger partial charge >= 0.3 is 0 Å². The van der Waals surface area contributed by atoms with Gasteiger partial charge < -0.3 is 19.7 Å². The van der Waals surface area contributed by atoms with Crippen molar-refractivity contribution in [2.45, 2.75) is 20.0 Å². The highest BCUT2D eigenvalue weighted by Crippen LogP contribution is 2.22. The highest BCUT2D eigenvalue weighted by Gasteiger charge is 2.08. The standard InChI is InChI=1S/C21H26N2O2/c1-17-5-4-6-18(13-17)15-23-16-19(14-22-9-11-25-12-10-24)20-7-2-3-8-21(20)23/h2-8,13,16,22,24H,9-12,14-15H2,1H3. The molecule has 25 heavy (non-hydrogen) atoms. The lowest BCUT2D eigenvalue weighted by Crippen LogP contribution is -2.19. The normalized spacial score (nSPS) is 11.3. The molecule has 0 bridgehead atoms. The Morgan fingerprint density at radius 3 is 2.80 bits per heavy atom. The third-order valence-electron chi connectivity index (χ3n) is 4.28. The monoisotopic (exact) mass is 338 g/mol. The quantitative estimate of drug-likeness (QED) is 0.589. The second-order valence-electron chi connectivity index (χ2n) is 6.30. The predicted molar refractivity (Wildman–Crippen MR) is 102 cm³/mol. The number of para-hydroxylation sites is 1. The molecule has 0 aliphatic carbocycles. The van der Waals surface area contributed by atoms with E-state index in [-0.39, 0.29) is 6.61 Å². The van der Waals surface area contributed by atoms with E-state index in [1.165, 1.54) is 27.6 Å². The number of aliphatic hydroxyl groups excluding tert-OH is 1. The van der Waals surface area contributed by atoms with Crippen LogP contribution in [0.5, 0.6) is 0 Å². The van der Waals surface area contributed by atoms with Crippen LogP contribution in [-0.4, -0.2) is 36.0 Å². The van der Waals surface area contributed by atoms with Gasteiger partial charge in [-0.3, -0.25) is 0 Å². The van der Waals surface area contributed by atoms with E-state index in [2.05, 4.69) is 71.5 Å². The minimum Gasteiger partial charge on any atom is -0.394 e. The molecule has 0 atom stereocenters. The van der Waals surface area contributed by atoms with Crippen LogP contribution in [0, 0.1) is 6.92 Å². The van der Waals surface area contributed by atoms with Crippen molar-refractivity contribution in [2.75, 3.05) is 26.4 Å². The highest BCUT2D eigenvalue weighted by molar-refractivity contribution is 5.84. The molecule has 3 rings (SSSR count). The van der Waals surface area contributed by atoms with Gasteiger partial charge in [-0.25, -0.2) is 0 Å². The predicted octanol–water partition coefficient (Wildman–Crippen LogP) is 3.10. The Morgan fingerprint density at radius 1 is 1.08 bits per heavy atom. The van der Waals surface area contributed by atoms with Crippen molar-refractivity contribution in [1.82, 2.24) is 9.88 Å². The fourth-order valence-electron chi connectivity index (χ4n) is 3.14. The van der Waals surface area contributed by atoms with Crippen molar-refractivity contribution in [2.24, 2.45) is 0 Å². The molecule has 4 heteroatoms. The Balaban J connectivity index is 1.71. The minimum absolute atomic E-state index is 0.0758. The first kappa shape index (κ1) is 17.7. The van der Waals surface area contributed by atoms with Gasteiger partial charge in [-0.1, -0.05) is 48.0 Å². The average Bonchev–Trinajstić information content (AvgIpc) is 2.96. The van der Waals surface area contributed by atoms with Gasteiger partial charge in [-0.05, 0) is 24.1 Å². The largest absolute Gasteiger partial charge is 0.394 e. The number of fused-ring (bicyclic) bond motifs is 1. The molecule has 0 fully saturated rings. The number of aromatic nitrogens is 1. The number of ether oxygens (including phenoxy) is 1. The zero-order valence-electron chi connectivity index (χ0n) is 14.7. The molecule has 0 saturated heterocycles. The van der Waals surface area contributed by atoms with E-state index in [0.29, 0.717) is 13.2 Å². The number of hydrogen-bond donors (Lipinski definition) is 2. The third kappa shape index (κ3) is 4.69. The smallest absolute Gasteiger partial charge is 0.0698 e. The van der Waals surface area contributed by atoms with Crippen LogP contribution in [0.4, 0.5) is 0 Å². The fourth-order valence-corrected chi connectivity index (χ4v) is 3.14. The number of aliphatic hydroxyl groups is 1. The van der Waals surface area contributed by atoms with Crippen molar-refractivity contribution in [3.63, 3.8) is 0 Å². The summed E-state index contributed by atoms with van der Waals surface area (Å²) in [7, 11) is 0. The van der Waals surface area contributed by atoms with Gasteiger partial charge in [0.05, 0.1) is 19.8 Å². The first-order valence-electron chi connectivity index (χ1n) is 8.79. The maximum atomic E-state index is 8.71. The van der Waals surface area contributed by atoms with Crippen molar-refractivity contribution in [3.8, 4) is 0 Å². The summed E-state index contributed by atoms with van der Waals surface area (Å²) < 4.78 is 7.61. The van der Waals surface area contributed by atoms with Gasteiger partial charge in [0.15, 0.2) is 0 Å². The van der Waals surface area contributed by atoms with E-state index in [9.17, 15) is 0 Å². The molecule has 0 radical (unpaired) electrons. The van der Waals surface area contributed by atoms with Crippen LogP contribution in [0.2, 0.25) is 0 Å². The lowest BCUT2D eigenvalue weighted by atomic mass is 10.1. The Labute approximate surface area is 149 Å². The molecule has 1 heterocycles. The lowest BCUT2D eigenvalue weighted by Gasteiger charge is -2.06. The molecule has 0 saturated carbocycles. The van der Waals surface area contributed by atoms with Crippen LogP contribution in [0.3, 0.4) is 0 Å². The molecule has 132 valence electrons. The molecule has 1 aromatic heterocycles. The number of benzene rings is 2. The summed E-state index contributed by atoms with van der Waals surface area (Å²) in [4.78, 5) is 0. The van der Waals surface area contributed by atoms with Crippen LogP contribution >= 0.6 is 0 Å². The molecule has 2 aromatic carbocycles. The maximum Gasteiger partial charge on any atom is 0.0698 e. The van der Waals surface area contributed by atoms with Gasteiger partial charge in [0, 0.05) is 36.7 Å². The van der Waals surface area contributed by atoms with Gasteiger partial charge in [-0.15, -0.1) is 0 Å². The zero-order chi connectivity index (χ0) is 17.5. The van der Waals surface area contributed by atoms with E-state index in [0.717, 1.165) is 19.6 Å². The molecule has 0 aliphatic rings. The first-order chi connectivity index (χ1) is 12.3. The van der Waals surface area contributed by atoms with Crippen LogP contribution < -0.4 is 5.32 Å². The molecule has 3 aromatic rings. The molecule has 0 amide bonds. The number of nitrogens with zero attached hydrogens (tertiary/aromatic N) is 1. The summed E-state index contributed by atoms with van der Waals surface area (Å²) in [6.07, 6.45) is 2.24. The summed E-state index contributed by atoms with van der Waals surface area (Å²) in [6, 6.07) is 17.2. The van der Waals surface area contributed by atoms with Gasteiger partial charge in [0.25, 0.3) is 0 Å². The molecule has 0 aliphatic heterocycles. The Hall–Kier alpha value is -2.14. The van der Waals surface area contributed by atoms with E-state index in [1.54, 1.807) is 0 Å². The number of hydrogen-bond acceptors (Lipinski definition) is 3. The van der Waals surface area contributed by atoms with Gasteiger partial charge in [0.2, 0.25) is 0 Å². The van der Waals surface area contributed by atoms with E-state index < -0.39 is 0 Å². The Morgan fingerprint density at radius 2 is 1.96 bits per heavy atom. The Kier molecular flexibility index (Phi) is 6.23. The molecule has 4 nitrogen and oxygen atoms in total. The second kappa shape index (κ2) is 8.81. The maximum absolute atomic E-state index is 8.71. The van der Waals surface area contributed by atoms with Crippen LogP contribution in [0.25, 0.3) is 10.9 Å². The third-order valence-corrected chi connectivity index (χ3v) is 4.28. The first-order valence-corrected chi connectivity index (χ1v) is 8.79. The molecule has 0 unspecified atom stereocenters. The highest BCUT2D eigenvalue weighted by atomic mass is 16.5. The summed E-state index contributed by atoms with van der Waals surface area (Å²) in [5, 5.41) is 13.4. The number of aryl methyl sites for hydroxylation is 1. The number of nitrogens with one attached hydrogen (secondary N) is 1. The van der Waals surface area contributed by atoms with Crippen LogP contribution in [0.15, 0.2) is 54.7 Å². The van der Waals surface area contributed by atoms with E-state index in [1.807, 2.05) is 0 Å². The number of rotatable bonds is 9. The second-order valence-corrected chi connectivity index (χ2v) is 6.30. The summed E-state index contributed by atoms with van der Waals surface area (Å²) >= 11 is 0. The molecular weight excluding hydrogens is 312 g/mol. The molecular formula is C21H26N2O2. The minimum atomic E-state index is 0.0758. The fraction of sp³-hybridized carbons (Fsp3) is 0.333. The van der Waals surface area contributed by atoms with Crippen molar-refractivity contribution in [1.29, 1.82) is 0 Å². The summed E-state index contributed by atoms with van der Waals surface area (Å²) in [5.41, 5.74) is 5.17. The Bertz CT molecular complexity index is 811. The topological polar surface area (TPSA) is 46.4 Å². The van der Waals surface area contributed by atoms with Crippen molar-refractivity contribution < 1.29 is 9.84 Å². The van der Waals surface area contributed by atoms with Crippen LogP contribution in [-0.2, 0) is 17.8 Å². The SMILES string of the molecule is Cc1cccc(Cn2cc(CNCCOCCO)c3ccccc32)c1. The summed E-state index contributed by atoms with van der Waals surface area (Å²) in [6.45, 7) is 5.68. The van der Waals surface area contributed by atoms with Crippen molar-refractivity contribution >= 4 is 10.9 Å².